The number of benzene rings is 1. The summed E-state index contributed by atoms with van der Waals surface area (Å²) in [6.07, 6.45) is 0. The molecule has 0 saturated heterocycles. The Bertz CT molecular complexity index is 427. The fourth-order valence-electron chi connectivity index (χ4n) is 0.848. The summed E-state index contributed by atoms with van der Waals surface area (Å²) in [5.41, 5.74) is 0. The van der Waals surface area contributed by atoms with Crippen LogP contribution < -0.4 is 9.05 Å². The number of hydrogen-bond donors (Lipinski definition) is 2. The molecule has 16 heavy (non-hydrogen) atoms. The van der Waals surface area contributed by atoms with Gasteiger partial charge in [-0.15, -0.1) is 0 Å². The van der Waals surface area contributed by atoms with Crippen molar-refractivity contribution in [2.24, 2.45) is 0 Å². The van der Waals surface area contributed by atoms with Crippen LogP contribution in [-0.4, -0.2) is 9.79 Å². The Morgan fingerprint density at radius 1 is 1.00 bits per heavy atom. The highest BCUT2D eigenvalue weighted by atomic mass is 35.7. The van der Waals surface area contributed by atoms with Crippen molar-refractivity contribution in [3.8, 4) is 11.5 Å². The zero-order chi connectivity index (χ0) is 12.4. The van der Waals surface area contributed by atoms with Gasteiger partial charge in [0.05, 0.1) is 0 Å². The first-order chi connectivity index (χ1) is 7.16. The van der Waals surface area contributed by atoms with Crippen molar-refractivity contribution in [2.75, 3.05) is 0 Å². The Hall–Kier alpha value is -0.220. The molecule has 0 saturated carbocycles. The molecule has 0 bridgehead atoms. The van der Waals surface area contributed by atoms with Crippen molar-refractivity contribution in [2.45, 2.75) is 0 Å². The second-order valence-electron chi connectivity index (χ2n) is 2.56. The highest BCUT2D eigenvalue weighted by Crippen LogP contribution is 2.50. The maximum atomic E-state index is 10.7. The van der Waals surface area contributed by atoms with Gasteiger partial charge in [-0.05, 0) is 12.1 Å². The van der Waals surface area contributed by atoms with Crippen LogP contribution in [-0.2, 0) is 9.13 Å². The molecule has 2 unspecified atom stereocenters. The van der Waals surface area contributed by atoms with Gasteiger partial charge in [0.15, 0.2) is 0 Å². The lowest BCUT2D eigenvalue weighted by Crippen LogP contribution is -1.88. The summed E-state index contributed by atoms with van der Waals surface area (Å²) in [6.45, 7) is -8.41. The van der Waals surface area contributed by atoms with Crippen molar-refractivity contribution >= 4 is 36.4 Å². The molecule has 0 radical (unpaired) electrons. The fraction of sp³-hybridized carbons (Fsp3) is 0. The van der Waals surface area contributed by atoms with Gasteiger partial charge in [0, 0.05) is 28.5 Å². The average Bonchev–Trinajstić information content (AvgIpc) is 1.96. The van der Waals surface area contributed by atoms with E-state index in [1.807, 2.05) is 0 Å². The largest absolute Gasteiger partial charge is 0.474 e. The zero-order valence-electron chi connectivity index (χ0n) is 7.49. The van der Waals surface area contributed by atoms with Crippen LogP contribution in [0.3, 0.4) is 0 Å². The van der Waals surface area contributed by atoms with Gasteiger partial charge in [-0.25, -0.2) is 9.13 Å². The number of halogens is 2. The van der Waals surface area contributed by atoms with Crippen LogP contribution >= 0.6 is 36.4 Å². The lowest BCUT2D eigenvalue weighted by Gasteiger charge is -2.09. The van der Waals surface area contributed by atoms with Crippen molar-refractivity contribution in [1.29, 1.82) is 0 Å². The number of hydrogen-bond acceptors (Lipinski definition) is 4. The van der Waals surface area contributed by atoms with Crippen molar-refractivity contribution in [3.63, 3.8) is 0 Å². The molecule has 90 valence electrons. The molecule has 6 nitrogen and oxygen atoms in total. The first kappa shape index (κ1) is 13.8. The second kappa shape index (κ2) is 4.96. The number of rotatable bonds is 4. The maximum Gasteiger partial charge on any atom is 0.474 e. The van der Waals surface area contributed by atoms with Gasteiger partial charge >= 0.3 is 13.9 Å². The van der Waals surface area contributed by atoms with E-state index in [1.165, 1.54) is 18.2 Å². The summed E-state index contributed by atoms with van der Waals surface area (Å²) in [4.78, 5) is 17.4. The highest BCUT2D eigenvalue weighted by Gasteiger charge is 2.19. The normalized spacial score (nSPS) is 18.2. The molecule has 0 heterocycles. The van der Waals surface area contributed by atoms with E-state index in [-0.39, 0.29) is 11.5 Å². The molecule has 1 aromatic carbocycles. The van der Waals surface area contributed by atoms with Crippen molar-refractivity contribution < 1.29 is 28.0 Å². The molecule has 1 rings (SSSR count). The second-order valence-corrected chi connectivity index (χ2v) is 7.29. The molecule has 0 fully saturated rings. The standard InChI is InChI=1S/C6H6Cl2O6P2/c7-15(9,10)13-5-2-1-3-6(4-5)14-16(8,11)12/h1-4H,(H,9,10)(H,11,12). The Labute approximate surface area is 100 Å². The molecular weight excluding hydrogens is 301 g/mol. The van der Waals surface area contributed by atoms with Gasteiger partial charge in [-0.3, -0.25) is 0 Å². The molecule has 0 aromatic heterocycles. The van der Waals surface area contributed by atoms with Crippen LogP contribution in [0.25, 0.3) is 0 Å². The summed E-state index contributed by atoms with van der Waals surface area (Å²) in [5, 5.41) is 0. The molecule has 0 aliphatic carbocycles. The lowest BCUT2D eigenvalue weighted by molar-refractivity contribution is 0.395. The maximum absolute atomic E-state index is 10.7. The van der Waals surface area contributed by atoms with E-state index in [0.29, 0.717) is 0 Å². The third-order valence-corrected chi connectivity index (χ3v) is 2.53. The monoisotopic (exact) mass is 306 g/mol. The summed E-state index contributed by atoms with van der Waals surface area (Å²) >= 11 is 9.94. The Morgan fingerprint density at radius 3 is 1.69 bits per heavy atom. The Balaban J connectivity index is 2.88. The van der Waals surface area contributed by atoms with E-state index in [2.05, 4.69) is 9.05 Å². The Kier molecular flexibility index (Phi) is 4.29. The molecule has 2 N–H and O–H groups in total. The molecule has 0 amide bonds. The molecule has 0 aliphatic rings. The molecule has 0 aliphatic heterocycles. The summed E-state index contributed by atoms with van der Waals surface area (Å²) in [6, 6.07) is 5.09. The van der Waals surface area contributed by atoms with Crippen LogP contribution in [0.5, 0.6) is 11.5 Å². The van der Waals surface area contributed by atoms with Crippen LogP contribution in [0.2, 0.25) is 0 Å². The van der Waals surface area contributed by atoms with Gasteiger partial charge < -0.3 is 18.8 Å². The molecular formula is C6H6Cl2O6P2. The van der Waals surface area contributed by atoms with Gasteiger partial charge in [-0.1, -0.05) is 6.07 Å². The average molecular weight is 307 g/mol. The Morgan fingerprint density at radius 2 is 1.38 bits per heavy atom. The minimum Gasteiger partial charge on any atom is -0.413 e. The first-order valence-electron chi connectivity index (χ1n) is 3.70. The van der Waals surface area contributed by atoms with E-state index in [1.54, 1.807) is 0 Å². The van der Waals surface area contributed by atoms with Crippen LogP contribution in [0.1, 0.15) is 0 Å². The van der Waals surface area contributed by atoms with Gasteiger partial charge in [0.2, 0.25) is 0 Å². The predicted molar refractivity (Wildman–Crippen MR) is 59.1 cm³/mol. The zero-order valence-corrected chi connectivity index (χ0v) is 10.8. The quantitative estimate of drug-likeness (QED) is 0.830. The SMILES string of the molecule is O=P(O)(Cl)Oc1cccc(OP(=O)(O)Cl)c1. The molecule has 10 heteroatoms. The van der Waals surface area contributed by atoms with Crippen molar-refractivity contribution in [1.82, 2.24) is 0 Å². The summed E-state index contributed by atoms with van der Waals surface area (Å²) in [5.74, 6) is -0.188. The van der Waals surface area contributed by atoms with Gasteiger partial charge in [0.1, 0.15) is 11.5 Å². The van der Waals surface area contributed by atoms with Crippen LogP contribution in [0.15, 0.2) is 24.3 Å². The van der Waals surface area contributed by atoms with E-state index in [9.17, 15) is 9.13 Å². The molecule has 2 atom stereocenters. The first-order valence-corrected chi connectivity index (χ1v) is 8.66. The van der Waals surface area contributed by atoms with E-state index in [4.69, 9.17) is 32.3 Å². The minimum atomic E-state index is -4.21. The van der Waals surface area contributed by atoms with E-state index in [0.717, 1.165) is 6.07 Å². The topological polar surface area (TPSA) is 93.1 Å². The van der Waals surface area contributed by atoms with Crippen molar-refractivity contribution in [3.05, 3.63) is 24.3 Å². The third-order valence-electron chi connectivity index (χ3n) is 1.24. The predicted octanol–water partition coefficient (Wildman–Crippen LogP) is 3.12. The highest BCUT2D eigenvalue weighted by molar-refractivity contribution is 7.81. The smallest absolute Gasteiger partial charge is 0.413 e. The van der Waals surface area contributed by atoms with Gasteiger partial charge in [-0.2, -0.15) is 0 Å². The summed E-state index contributed by atoms with van der Waals surface area (Å²) < 4.78 is 30.3. The minimum absolute atomic E-state index is 0.0940. The fourth-order valence-corrected chi connectivity index (χ4v) is 2.07. The lowest BCUT2D eigenvalue weighted by atomic mass is 10.3. The third kappa shape index (κ3) is 5.75. The van der Waals surface area contributed by atoms with E-state index >= 15 is 0 Å². The summed E-state index contributed by atoms with van der Waals surface area (Å²) in [7, 11) is 0. The van der Waals surface area contributed by atoms with Crippen LogP contribution in [0, 0.1) is 0 Å². The van der Waals surface area contributed by atoms with Gasteiger partial charge in [0.25, 0.3) is 0 Å². The molecule has 1 aromatic rings. The van der Waals surface area contributed by atoms with E-state index < -0.39 is 13.9 Å². The molecule has 0 spiro atoms. The van der Waals surface area contributed by atoms with Crippen LogP contribution in [0.4, 0.5) is 0 Å².